The number of aromatic amines is 1. The molecule has 0 saturated heterocycles. The fraction of sp³-hybridized carbons (Fsp3) is 0.231. The van der Waals surface area contributed by atoms with Gasteiger partial charge in [-0.3, -0.25) is 14.3 Å². The number of anilines is 1. The third-order valence-electron chi connectivity index (χ3n) is 3.17. The van der Waals surface area contributed by atoms with Crippen LogP contribution >= 0.6 is 0 Å². The number of fused-ring (bicyclic) bond motifs is 1. The second-order valence-corrected chi connectivity index (χ2v) is 4.53. The quantitative estimate of drug-likeness (QED) is 0.801. The number of nitrogens with one attached hydrogen (secondary N) is 1. The molecule has 1 aliphatic rings. The first-order chi connectivity index (χ1) is 9.13. The summed E-state index contributed by atoms with van der Waals surface area (Å²) in [4.78, 5) is 25.0. The average Bonchev–Trinajstić information content (AvgIpc) is 2.76. The van der Waals surface area contributed by atoms with Crippen molar-refractivity contribution in [2.24, 2.45) is 0 Å². The number of hydrogen-bond donors (Lipinski definition) is 2. The predicted molar refractivity (Wildman–Crippen MR) is 70.3 cm³/mol. The first kappa shape index (κ1) is 11.6. The molecule has 6 heteroatoms. The van der Waals surface area contributed by atoms with Crippen LogP contribution in [0.4, 0.5) is 5.82 Å². The number of aromatic nitrogens is 2. The van der Waals surface area contributed by atoms with Crippen molar-refractivity contribution in [2.45, 2.75) is 19.1 Å². The third-order valence-corrected chi connectivity index (χ3v) is 3.17. The molecule has 3 rings (SSSR count). The van der Waals surface area contributed by atoms with Crippen LogP contribution in [0.2, 0.25) is 0 Å². The number of nitrogens with zero attached hydrogens (tertiary/aromatic N) is 1. The van der Waals surface area contributed by atoms with E-state index < -0.39 is 11.2 Å². The largest absolute Gasteiger partial charge is 0.488 e. The summed E-state index contributed by atoms with van der Waals surface area (Å²) in [6.45, 7) is 0.316. The van der Waals surface area contributed by atoms with E-state index in [9.17, 15) is 9.59 Å². The number of para-hydroxylation sites is 1. The maximum absolute atomic E-state index is 11.7. The zero-order chi connectivity index (χ0) is 13.4. The van der Waals surface area contributed by atoms with Gasteiger partial charge >= 0.3 is 5.69 Å². The number of rotatable bonds is 2. The van der Waals surface area contributed by atoms with Gasteiger partial charge in [-0.05, 0) is 11.6 Å². The van der Waals surface area contributed by atoms with E-state index in [1.807, 2.05) is 24.3 Å². The van der Waals surface area contributed by atoms with E-state index in [2.05, 4.69) is 4.98 Å². The highest BCUT2D eigenvalue weighted by Crippen LogP contribution is 2.28. The molecule has 0 spiro atoms. The van der Waals surface area contributed by atoms with Crippen LogP contribution in [0.5, 0.6) is 5.75 Å². The van der Waals surface area contributed by atoms with Crippen LogP contribution in [-0.2, 0) is 13.0 Å². The molecule has 1 aromatic heterocycles. The van der Waals surface area contributed by atoms with Gasteiger partial charge in [0.05, 0.1) is 6.54 Å². The molecule has 1 aliphatic heterocycles. The molecule has 0 amide bonds. The highest BCUT2D eigenvalue weighted by Gasteiger charge is 2.23. The predicted octanol–water partition coefficient (Wildman–Crippen LogP) is 0.122. The Morgan fingerprint density at radius 2 is 2.16 bits per heavy atom. The zero-order valence-electron chi connectivity index (χ0n) is 10.1. The number of nitrogens with two attached hydrogens (primary N) is 1. The summed E-state index contributed by atoms with van der Waals surface area (Å²) in [5, 5.41) is 0. The minimum absolute atomic E-state index is 0.147. The number of hydrogen-bond acceptors (Lipinski definition) is 4. The maximum atomic E-state index is 11.7. The van der Waals surface area contributed by atoms with Crippen molar-refractivity contribution in [3.05, 3.63) is 56.7 Å². The number of ether oxygens (including phenoxy) is 1. The fourth-order valence-corrected chi connectivity index (χ4v) is 2.29. The number of H-pyrrole nitrogens is 1. The second-order valence-electron chi connectivity index (χ2n) is 4.53. The van der Waals surface area contributed by atoms with E-state index in [1.165, 1.54) is 10.6 Å². The molecule has 1 atom stereocenters. The van der Waals surface area contributed by atoms with Gasteiger partial charge in [-0.25, -0.2) is 4.79 Å². The first-order valence-electron chi connectivity index (χ1n) is 5.97. The third kappa shape index (κ3) is 2.12. The minimum atomic E-state index is -0.510. The number of benzene rings is 1. The van der Waals surface area contributed by atoms with Crippen LogP contribution in [0.1, 0.15) is 5.56 Å². The molecule has 98 valence electrons. The van der Waals surface area contributed by atoms with Gasteiger partial charge in [0.25, 0.3) is 5.56 Å². The molecular weight excluding hydrogens is 246 g/mol. The van der Waals surface area contributed by atoms with Crippen LogP contribution < -0.4 is 21.7 Å². The first-order valence-corrected chi connectivity index (χ1v) is 5.97. The molecule has 2 aromatic rings. The van der Waals surface area contributed by atoms with Crippen LogP contribution in [0.15, 0.2) is 39.9 Å². The lowest BCUT2D eigenvalue weighted by Gasteiger charge is -2.14. The van der Waals surface area contributed by atoms with Crippen LogP contribution in [0, 0.1) is 0 Å². The topological polar surface area (TPSA) is 90.1 Å². The molecule has 0 radical (unpaired) electrons. The van der Waals surface area contributed by atoms with Gasteiger partial charge in [0.1, 0.15) is 17.7 Å². The SMILES string of the molecule is Nc1cc(=O)[nH]c(=O)n1CC1Cc2ccccc2O1. The lowest BCUT2D eigenvalue weighted by molar-refractivity contribution is 0.207. The molecule has 6 nitrogen and oxygen atoms in total. The summed E-state index contributed by atoms with van der Waals surface area (Å²) in [7, 11) is 0. The summed E-state index contributed by atoms with van der Waals surface area (Å²) >= 11 is 0. The van der Waals surface area contributed by atoms with Gasteiger partial charge in [-0.15, -0.1) is 0 Å². The van der Waals surface area contributed by atoms with Crippen molar-refractivity contribution in [3.63, 3.8) is 0 Å². The summed E-state index contributed by atoms with van der Waals surface area (Å²) in [5.41, 5.74) is 5.81. The molecule has 3 N–H and O–H groups in total. The van der Waals surface area contributed by atoms with Crippen LogP contribution in [0.25, 0.3) is 0 Å². The van der Waals surface area contributed by atoms with E-state index in [1.54, 1.807) is 0 Å². The lowest BCUT2D eigenvalue weighted by Crippen LogP contribution is -2.35. The van der Waals surface area contributed by atoms with E-state index in [0.717, 1.165) is 17.7 Å². The highest BCUT2D eigenvalue weighted by atomic mass is 16.5. The number of nitrogen functional groups attached to an aromatic ring is 1. The Morgan fingerprint density at radius 1 is 1.37 bits per heavy atom. The summed E-state index contributed by atoms with van der Waals surface area (Å²) < 4.78 is 7.06. The van der Waals surface area contributed by atoms with Crippen molar-refractivity contribution >= 4 is 5.82 Å². The van der Waals surface area contributed by atoms with Crippen molar-refractivity contribution < 1.29 is 4.74 Å². The van der Waals surface area contributed by atoms with Gasteiger partial charge in [0, 0.05) is 12.5 Å². The zero-order valence-corrected chi connectivity index (χ0v) is 10.1. The lowest BCUT2D eigenvalue weighted by atomic mass is 10.1. The molecule has 0 aliphatic carbocycles. The Bertz CT molecular complexity index is 707. The van der Waals surface area contributed by atoms with Crippen molar-refractivity contribution in [2.75, 3.05) is 5.73 Å². The standard InChI is InChI=1S/C13H13N3O3/c14-11-6-12(17)15-13(18)16(11)7-9-5-8-3-1-2-4-10(8)19-9/h1-4,6,9H,5,7,14H2,(H,15,17,18). The van der Waals surface area contributed by atoms with Crippen LogP contribution in [0.3, 0.4) is 0 Å². The second kappa shape index (κ2) is 4.31. The van der Waals surface area contributed by atoms with Gasteiger partial charge in [0.15, 0.2) is 0 Å². The van der Waals surface area contributed by atoms with Crippen molar-refractivity contribution in [3.8, 4) is 5.75 Å². The molecule has 1 unspecified atom stereocenters. The Morgan fingerprint density at radius 3 is 2.89 bits per heavy atom. The van der Waals surface area contributed by atoms with Crippen molar-refractivity contribution in [1.29, 1.82) is 0 Å². The van der Waals surface area contributed by atoms with Gasteiger partial charge in [0.2, 0.25) is 0 Å². The van der Waals surface area contributed by atoms with Gasteiger partial charge < -0.3 is 10.5 Å². The Labute approximate surface area is 108 Å². The molecule has 0 saturated carbocycles. The van der Waals surface area contributed by atoms with E-state index in [0.29, 0.717) is 6.54 Å². The maximum Gasteiger partial charge on any atom is 0.330 e. The molecule has 0 bridgehead atoms. The smallest absolute Gasteiger partial charge is 0.330 e. The Hall–Kier alpha value is -2.50. The van der Waals surface area contributed by atoms with Gasteiger partial charge in [-0.1, -0.05) is 18.2 Å². The summed E-state index contributed by atoms with van der Waals surface area (Å²) in [5.74, 6) is 0.983. The Balaban J connectivity index is 1.86. The van der Waals surface area contributed by atoms with E-state index in [4.69, 9.17) is 10.5 Å². The van der Waals surface area contributed by atoms with Gasteiger partial charge in [-0.2, -0.15) is 0 Å². The molecular formula is C13H13N3O3. The molecule has 0 fully saturated rings. The highest BCUT2D eigenvalue weighted by molar-refractivity contribution is 5.37. The summed E-state index contributed by atoms with van der Waals surface area (Å²) in [6, 6.07) is 8.94. The molecule has 1 aromatic carbocycles. The van der Waals surface area contributed by atoms with Crippen molar-refractivity contribution in [1.82, 2.24) is 9.55 Å². The van der Waals surface area contributed by atoms with E-state index >= 15 is 0 Å². The average molecular weight is 259 g/mol. The fourth-order valence-electron chi connectivity index (χ4n) is 2.29. The minimum Gasteiger partial charge on any atom is -0.488 e. The van der Waals surface area contributed by atoms with Crippen LogP contribution in [-0.4, -0.2) is 15.7 Å². The monoisotopic (exact) mass is 259 g/mol. The normalized spacial score (nSPS) is 16.9. The molecule has 19 heavy (non-hydrogen) atoms. The molecule has 2 heterocycles. The Kier molecular flexibility index (Phi) is 2.63. The van der Waals surface area contributed by atoms with E-state index in [-0.39, 0.29) is 11.9 Å². The summed E-state index contributed by atoms with van der Waals surface area (Å²) in [6.07, 6.45) is 0.574.